The Morgan fingerprint density at radius 1 is 1.25 bits per heavy atom. The van der Waals surface area contributed by atoms with Gasteiger partial charge in [0.05, 0.1) is 4.90 Å². The zero-order valence-electron chi connectivity index (χ0n) is 13.1. The second-order valence-electron chi connectivity index (χ2n) is 5.78. The van der Waals surface area contributed by atoms with Gasteiger partial charge in [0.15, 0.2) is 0 Å². The molecule has 1 heterocycles. The second-order valence-corrected chi connectivity index (χ2v) is 7.67. The summed E-state index contributed by atoms with van der Waals surface area (Å²) in [5.74, 6) is -0.900. The van der Waals surface area contributed by atoms with Gasteiger partial charge in [0, 0.05) is 18.2 Å². The van der Waals surface area contributed by atoms with Gasteiger partial charge in [0.2, 0.25) is 10.0 Å². The Morgan fingerprint density at radius 2 is 1.88 bits per heavy atom. The van der Waals surface area contributed by atoms with Crippen molar-refractivity contribution in [2.24, 2.45) is 0 Å². The third-order valence-electron chi connectivity index (χ3n) is 3.91. The van der Waals surface area contributed by atoms with E-state index in [0.29, 0.717) is 6.54 Å². The molecule has 1 N–H and O–H groups in total. The van der Waals surface area contributed by atoms with Crippen molar-refractivity contribution < 1.29 is 26.4 Å². The highest BCUT2D eigenvalue weighted by molar-refractivity contribution is 7.89. The van der Waals surface area contributed by atoms with Gasteiger partial charge in [-0.25, -0.2) is 8.42 Å². The van der Waals surface area contributed by atoms with Crippen LogP contribution in [-0.4, -0.2) is 43.9 Å². The molecule has 134 valence electrons. The summed E-state index contributed by atoms with van der Waals surface area (Å²) in [5, 5.41) is 1.74. The van der Waals surface area contributed by atoms with Gasteiger partial charge >= 0.3 is 6.18 Å². The van der Waals surface area contributed by atoms with Gasteiger partial charge in [-0.15, -0.1) is 0 Å². The quantitative estimate of drug-likeness (QED) is 0.893. The molecule has 1 unspecified atom stereocenters. The molecule has 1 amide bonds. The van der Waals surface area contributed by atoms with Crippen LogP contribution in [0.25, 0.3) is 0 Å². The summed E-state index contributed by atoms with van der Waals surface area (Å²) in [5.41, 5.74) is -0.0232. The SMILES string of the molecule is CC1CCCCN1S(=O)(=O)c1ccc(C(=O)NCC(F)(F)F)cc1. The topological polar surface area (TPSA) is 66.5 Å². The average molecular weight is 364 g/mol. The summed E-state index contributed by atoms with van der Waals surface area (Å²) >= 11 is 0. The van der Waals surface area contributed by atoms with E-state index in [1.54, 1.807) is 5.32 Å². The van der Waals surface area contributed by atoms with Crippen LogP contribution in [0.15, 0.2) is 29.2 Å². The number of amides is 1. The highest BCUT2D eigenvalue weighted by Gasteiger charge is 2.31. The molecule has 24 heavy (non-hydrogen) atoms. The van der Waals surface area contributed by atoms with Crippen LogP contribution in [0.3, 0.4) is 0 Å². The monoisotopic (exact) mass is 364 g/mol. The molecular weight excluding hydrogens is 345 g/mol. The minimum Gasteiger partial charge on any atom is -0.343 e. The van der Waals surface area contributed by atoms with Gasteiger partial charge in [-0.3, -0.25) is 4.79 Å². The number of piperidine rings is 1. The Morgan fingerprint density at radius 3 is 2.42 bits per heavy atom. The van der Waals surface area contributed by atoms with Gasteiger partial charge in [0.1, 0.15) is 6.54 Å². The summed E-state index contributed by atoms with van der Waals surface area (Å²) in [6, 6.07) is 4.83. The number of nitrogens with zero attached hydrogens (tertiary/aromatic N) is 1. The Balaban J connectivity index is 2.12. The summed E-state index contributed by atoms with van der Waals surface area (Å²) in [7, 11) is -3.67. The average Bonchev–Trinajstić information content (AvgIpc) is 2.52. The third-order valence-corrected chi connectivity index (χ3v) is 5.94. The minimum atomic E-state index is -4.50. The summed E-state index contributed by atoms with van der Waals surface area (Å²) < 4.78 is 62.9. The number of benzene rings is 1. The first-order valence-corrected chi connectivity index (χ1v) is 9.02. The van der Waals surface area contributed by atoms with E-state index < -0.39 is 28.7 Å². The number of hydrogen-bond acceptors (Lipinski definition) is 3. The first-order valence-electron chi connectivity index (χ1n) is 7.58. The summed E-state index contributed by atoms with van der Waals surface area (Å²) in [4.78, 5) is 11.7. The molecule has 1 aliphatic rings. The highest BCUT2D eigenvalue weighted by Crippen LogP contribution is 2.25. The highest BCUT2D eigenvalue weighted by atomic mass is 32.2. The van der Waals surface area contributed by atoms with E-state index in [9.17, 15) is 26.4 Å². The lowest BCUT2D eigenvalue weighted by Crippen LogP contribution is -2.41. The lowest BCUT2D eigenvalue weighted by molar-refractivity contribution is -0.123. The molecule has 2 rings (SSSR count). The number of nitrogens with one attached hydrogen (secondary N) is 1. The molecule has 0 aromatic heterocycles. The van der Waals surface area contributed by atoms with Crippen molar-refractivity contribution in [3.05, 3.63) is 29.8 Å². The Kier molecular flexibility index (Phi) is 5.54. The zero-order valence-corrected chi connectivity index (χ0v) is 14.0. The maximum Gasteiger partial charge on any atom is 0.405 e. The van der Waals surface area contributed by atoms with Crippen LogP contribution in [0, 0.1) is 0 Å². The molecule has 0 bridgehead atoms. The maximum absolute atomic E-state index is 12.6. The van der Waals surface area contributed by atoms with E-state index in [0.717, 1.165) is 19.3 Å². The van der Waals surface area contributed by atoms with E-state index >= 15 is 0 Å². The third kappa shape index (κ3) is 4.47. The van der Waals surface area contributed by atoms with Crippen LogP contribution in [0.1, 0.15) is 36.5 Å². The molecule has 0 aliphatic carbocycles. The predicted octanol–water partition coefficient (Wildman–Crippen LogP) is 2.54. The van der Waals surface area contributed by atoms with Crippen molar-refractivity contribution in [3.8, 4) is 0 Å². The Labute approximate surface area is 138 Å². The van der Waals surface area contributed by atoms with Crippen LogP contribution in [-0.2, 0) is 10.0 Å². The van der Waals surface area contributed by atoms with E-state index in [1.807, 2.05) is 6.92 Å². The number of sulfonamides is 1. The van der Waals surface area contributed by atoms with Crippen LogP contribution >= 0.6 is 0 Å². The van der Waals surface area contributed by atoms with Gasteiger partial charge in [-0.05, 0) is 44.0 Å². The molecule has 0 spiro atoms. The van der Waals surface area contributed by atoms with Gasteiger partial charge in [-0.1, -0.05) is 6.42 Å². The maximum atomic E-state index is 12.6. The van der Waals surface area contributed by atoms with Gasteiger partial charge < -0.3 is 5.32 Å². The van der Waals surface area contributed by atoms with Crippen LogP contribution in [0.2, 0.25) is 0 Å². The molecule has 0 saturated carbocycles. The zero-order chi connectivity index (χ0) is 18.0. The molecule has 1 atom stereocenters. The lowest BCUT2D eigenvalue weighted by atomic mass is 10.1. The number of rotatable bonds is 4. The molecule has 9 heteroatoms. The molecule has 1 aromatic carbocycles. The van der Waals surface area contributed by atoms with Crippen LogP contribution in [0.5, 0.6) is 0 Å². The van der Waals surface area contributed by atoms with Crippen molar-refractivity contribution in [2.45, 2.75) is 43.3 Å². The molecule has 5 nitrogen and oxygen atoms in total. The standard InChI is InChI=1S/C15H19F3N2O3S/c1-11-4-2-3-9-20(11)24(22,23)13-7-5-12(6-8-13)14(21)19-10-15(16,17)18/h5-8,11H,2-4,9-10H2,1H3,(H,19,21). The molecule has 1 saturated heterocycles. The molecule has 1 aromatic rings. The number of hydrogen-bond donors (Lipinski definition) is 1. The normalized spacial score (nSPS) is 19.9. The van der Waals surface area contributed by atoms with Crippen LogP contribution in [0.4, 0.5) is 13.2 Å². The smallest absolute Gasteiger partial charge is 0.343 e. The molecule has 0 radical (unpaired) electrons. The van der Waals surface area contributed by atoms with E-state index in [2.05, 4.69) is 0 Å². The van der Waals surface area contributed by atoms with E-state index in [4.69, 9.17) is 0 Å². The van der Waals surface area contributed by atoms with Crippen molar-refractivity contribution in [1.82, 2.24) is 9.62 Å². The fourth-order valence-electron chi connectivity index (χ4n) is 2.63. The summed E-state index contributed by atoms with van der Waals surface area (Å²) in [6.07, 6.45) is -1.94. The lowest BCUT2D eigenvalue weighted by Gasteiger charge is -2.32. The number of halogens is 3. The number of carbonyl (C=O) groups excluding carboxylic acids is 1. The predicted molar refractivity (Wildman–Crippen MR) is 82.0 cm³/mol. The van der Waals surface area contributed by atoms with Crippen molar-refractivity contribution in [3.63, 3.8) is 0 Å². The molecule has 1 fully saturated rings. The van der Waals surface area contributed by atoms with Gasteiger partial charge in [0.25, 0.3) is 5.91 Å². The first-order chi connectivity index (χ1) is 11.1. The van der Waals surface area contributed by atoms with Gasteiger partial charge in [-0.2, -0.15) is 17.5 Å². The fourth-order valence-corrected chi connectivity index (χ4v) is 4.32. The molecule has 1 aliphatic heterocycles. The van der Waals surface area contributed by atoms with Crippen LogP contribution < -0.4 is 5.32 Å². The van der Waals surface area contributed by atoms with E-state index in [1.165, 1.54) is 28.6 Å². The van der Waals surface area contributed by atoms with Crippen molar-refractivity contribution >= 4 is 15.9 Å². The number of alkyl halides is 3. The Hall–Kier alpha value is -1.61. The molecular formula is C15H19F3N2O3S. The minimum absolute atomic E-state index is 0.0232. The van der Waals surface area contributed by atoms with Crippen molar-refractivity contribution in [2.75, 3.05) is 13.1 Å². The fraction of sp³-hybridized carbons (Fsp3) is 0.533. The second kappa shape index (κ2) is 7.10. The van der Waals surface area contributed by atoms with Crippen molar-refractivity contribution in [1.29, 1.82) is 0 Å². The van der Waals surface area contributed by atoms with E-state index in [-0.39, 0.29) is 16.5 Å². The summed E-state index contributed by atoms with van der Waals surface area (Å²) in [6.45, 7) is 0.851. The Bertz CT molecular complexity index is 687. The number of carbonyl (C=O) groups is 1. The largest absolute Gasteiger partial charge is 0.405 e. The first kappa shape index (κ1) is 18.7.